The Balaban J connectivity index is 2.53. The van der Waals surface area contributed by atoms with E-state index in [2.05, 4.69) is 0 Å². The number of thioether (sulfide) groups is 1. The van der Waals surface area contributed by atoms with E-state index in [1.165, 1.54) is 17.8 Å². The van der Waals surface area contributed by atoms with Crippen molar-refractivity contribution in [3.8, 4) is 5.75 Å². The summed E-state index contributed by atoms with van der Waals surface area (Å²) < 4.78 is 25.7. The van der Waals surface area contributed by atoms with Crippen LogP contribution in [0.5, 0.6) is 5.75 Å². The molecular formula is C10H9Cl2NO5S2. The van der Waals surface area contributed by atoms with Crippen molar-refractivity contribution in [1.82, 2.24) is 4.31 Å². The molecule has 110 valence electrons. The molecule has 1 saturated heterocycles. The SMILES string of the molecule is O=C(O)[C@@H]1CSCN1S(=O)(=O)c1cc(Cl)cc(Cl)c1O. The predicted molar refractivity (Wildman–Crippen MR) is 75.9 cm³/mol. The van der Waals surface area contributed by atoms with E-state index < -0.39 is 32.7 Å². The molecule has 1 aliphatic rings. The Bertz CT molecular complexity index is 664. The lowest BCUT2D eigenvalue weighted by atomic mass is 10.3. The number of hydrogen-bond acceptors (Lipinski definition) is 5. The minimum Gasteiger partial charge on any atom is -0.505 e. The number of benzene rings is 1. The number of carbonyl (C=O) groups is 1. The van der Waals surface area contributed by atoms with E-state index >= 15 is 0 Å². The van der Waals surface area contributed by atoms with Crippen LogP contribution in [0.3, 0.4) is 0 Å². The maximum atomic E-state index is 12.4. The molecule has 1 aliphatic heterocycles. The van der Waals surface area contributed by atoms with Gasteiger partial charge in [0.15, 0.2) is 5.75 Å². The highest BCUT2D eigenvalue weighted by Gasteiger charge is 2.41. The number of carboxylic acid groups (broad SMARTS) is 1. The number of aromatic hydroxyl groups is 1. The average molecular weight is 358 g/mol. The van der Waals surface area contributed by atoms with Gasteiger partial charge in [-0.15, -0.1) is 11.8 Å². The highest BCUT2D eigenvalue weighted by atomic mass is 35.5. The third kappa shape index (κ3) is 2.71. The number of sulfonamides is 1. The van der Waals surface area contributed by atoms with Crippen molar-refractivity contribution in [3.63, 3.8) is 0 Å². The standard InChI is InChI=1S/C10H9Cl2NO5S2/c11-5-1-6(12)9(14)8(2-5)20(17,18)13-4-19-3-7(13)10(15)16/h1-2,7,14H,3-4H2,(H,15,16)/t7-/m0/s1. The van der Waals surface area contributed by atoms with Crippen molar-refractivity contribution in [3.05, 3.63) is 22.2 Å². The molecule has 0 bridgehead atoms. The fraction of sp³-hybridized carbons (Fsp3) is 0.300. The van der Waals surface area contributed by atoms with Gasteiger partial charge in [-0.1, -0.05) is 23.2 Å². The second kappa shape index (κ2) is 5.61. The van der Waals surface area contributed by atoms with Gasteiger partial charge < -0.3 is 10.2 Å². The zero-order valence-corrected chi connectivity index (χ0v) is 12.9. The van der Waals surface area contributed by atoms with E-state index in [-0.39, 0.29) is 21.7 Å². The molecule has 0 aromatic heterocycles. The maximum Gasteiger partial charge on any atom is 0.322 e. The van der Waals surface area contributed by atoms with Gasteiger partial charge in [-0.05, 0) is 12.1 Å². The van der Waals surface area contributed by atoms with Gasteiger partial charge in [0.1, 0.15) is 10.9 Å². The molecule has 1 fully saturated rings. The second-order valence-electron chi connectivity index (χ2n) is 3.98. The summed E-state index contributed by atoms with van der Waals surface area (Å²) in [5.74, 6) is -1.75. The van der Waals surface area contributed by atoms with Crippen LogP contribution in [0.2, 0.25) is 10.0 Å². The zero-order chi connectivity index (χ0) is 15.1. The first-order valence-electron chi connectivity index (χ1n) is 5.25. The van der Waals surface area contributed by atoms with Crippen molar-refractivity contribution < 1.29 is 23.4 Å². The molecular weight excluding hydrogens is 349 g/mol. The lowest BCUT2D eigenvalue weighted by Crippen LogP contribution is -2.41. The van der Waals surface area contributed by atoms with E-state index in [0.29, 0.717) is 0 Å². The smallest absolute Gasteiger partial charge is 0.322 e. The van der Waals surface area contributed by atoms with Crippen LogP contribution in [-0.4, -0.2) is 46.6 Å². The summed E-state index contributed by atoms with van der Waals surface area (Å²) in [5, 5.41) is 18.6. The molecule has 2 N–H and O–H groups in total. The first kappa shape index (κ1) is 15.7. The van der Waals surface area contributed by atoms with Crippen LogP contribution in [-0.2, 0) is 14.8 Å². The molecule has 10 heteroatoms. The number of phenolic OH excluding ortho intramolecular Hbond substituents is 1. The quantitative estimate of drug-likeness (QED) is 0.856. The van der Waals surface area contributed by atoms with Gasteiger partial charge in [0.25, 0.3) is 0 Å². The Kier molecular flexibility index (Phi) is 4.41. The largest absolute Gasteiger partial charge is 0.505 e. The zero-order valence-electron chi connectivity index (χ0n) is 9.79. The molecule has 1 atom stereocenters. The Morgan fingerprint density at radius 1 is 1.40 bits per heavy atom. The summed E-state index contributed by atoms with van der Waals surface area (Å²) >= 11 is 12.6. The van der Waals surface area contributed by atoms with Crippen LogP contribution in [0.25, 0.3) is 0 Å². The van der Waals surface area contributed by atoms with Gasteiger partial charge in [-0.3, -0.25) is 4.79 Å². The first-order valence-corrected chi connectivity index (χ1v) is 8.60. The Labute approximate surface area is 129 Å². The topological polar surface area (TPSA) is 94.9 Å². The van der Waals surface area contributed by atoms with Gasteiger partial charge in [-0.2, -0.15) is 4.31 Å². The van der Waals surface area contributed by atoms with Crippen LogP contribution < -0.4 is 0 Å². The average Bonchev–Trinajstić information content (AvgIpc) is 2.83. The number of nitrogens with zero attached hydrogens (tertiary/aromatic N) is 1. The van der Waals surface area contributed by atoms with Gasteiger partial charge in [0.2, 0.25) is 10.0 Å². The fourth-order valence-corrected chi connectivity index (χ4v) is 5.60. The summed E-state index contributed by atoms with van der Waals surface area (Å²) in [7, 11) is -4.20. The molecule has 1 aromatic carbocycles. The normalized spacial score (nSPS) is 20.2. The molecule has 1 aromatic rings. The van der Waals surface area contributed by atoms with E-state index in [9.17, 15) is 18.3 Å². The Morgan fingerprint density at radius 3 is 2.65 bits per heavy atom. The third-order valence-electron chi connectivity index (χ3n) is 2.71. The van der Waals surface area contributed by atoms with Crippen LogP contribution in [0, 0.1) is 0 Å². The molecule has 6 nitrogen and oxygen atoms in total. The lowest BCUT2D eigenvalue weighted by molar-refractivity contribution is -0.140. The summed E-state index contributed by atoms with van der Waals surface area (Å²) in [6, 6.07) is 1.06. The van der Waals surface area contributed by atoms with Crippen LogP contribution >= 0.6 is 35.0 Å². The number of hydrogen-bond donors (Lipinski definition) is 2. The van der Waals surface area contributed by atoms with Crippen molar-refractivity contribution in [1.29, 1.82) is 0 Å². The molecule has 1 heterocycles. The molecule has 0 unspecified atom stereocenters. The molecule has 0 radical (unpaired) electrons. The van der Waals surface area contributed by atoms with Gasteiger partial charge in [0, 0.05) is 10.8 Å². The van der Waals surface area contributed by atoms with E-state index in [1.807, 2.05) is 0 Å². The Hall–Kier alpha value is -0.670. The predicted octanol–water partition coefficient (Wildman–Crippen LogP) is 1.85. The summed E-state index contributed by atoms with van der Waals surface area (Å²) in [6.45, 7) is 0. The minimum absolute atomic E-state index is 0.0110. The van der Waals surface area contributed by atoms with Crippen molar-refractivity contribution >= 4 is 51.0 Å². The monoisotopic (exact) mass is 357 g/mol. The molecule has 20 heavy (non-hydrogen) atoms. The highest BCUT2D eigenvalue weighted by Crippen LogP contribution is 2.38. The van der Waals surface area contributed by atoms with Gasteiger partial charge >= 0.3 is 5.97 Å². The molecule has 0 saturated carbocycles. The first-order chi connectivity index (χ1) is 9.25. The number of rotatable bonds is 3. The summed E-state index contributed by atoms with van der Waals surface area (Å²) in [5.41, 5.74) is 0. The number of phenols is 1. The van der Waals surface area contributed by atoms with Crippen molar-refractivity contribution in [2.24, 2.45) is 0 Å². The van der Waals surface area contributed by atoms with Gasteiger partial charge in [-0.25, -0.2) is 8.42 Å². The van der Waals surface area contributed by atoms with Crippen molar-refractivity contribution in [2.45, 2.75) is 10.9 Å². The van der Waals surface area contributed by atoms with E-state index in [1.54, 1.807) is 0 Å². The Morgan fingerprint density at radius 2 is 2.05 bits per heavy atom. The molecule has 0 amide bonds. The van der Waals surface area contributed by atoms with Crippen LogP contribution in [0.15, 0.2) is 17.0 Å². The van der Waals surface area contributed by atoms with Crippen LogP contribution in [0.4, 0.5) is 0 Å². The summed E-state index contributed by atoms with van der Waals surface area (Å²) in [6.07, 6.45) is 0. The number of carboxylic acids is 1. The van der Waals surface area contributed by atoms with Crippen molar-refractivity contribution in [2.75, 3.05) is 11.6 Å². The third-order valence-corrected chi connectivity index (χ3v) is 6.26. The number of halogens is 2. The summed E-state index contributed by atoms with van der Waals surface area (Å²) in [4.78, 5) is 10.6. The second-order valence-corrected chi connectivity index (χ2v) is 7.68. The number of aliphatic carboxylic acids is 1. The van der Waals surface area contributed by atoms with Gasteiger partial charge in [0.05, 0.1) is 10.9 Å². The van der Waals surface area contributed by atoms with E-state index in [4.69, 9.17) is 28.3 Å². The van der Waals surface area contributed by atoms with E-state index in [0.717, 1.165) is 10.4 Å². The minimum atomic E-state index is -4.20. The molecule has 2 rings (SSSR count). The molecule has 0 aliphatic carbocycles. The highest BCUT2D eigenvalue weighted by molar-refractivity contribution is 8.00. The van der Waals surface area contributed by atoms with Crippen LogP contribution in [0.1, 0.15) is 0 Å². The maximum absolute atomic E-state index is 12.4. The lowest BCUT2D eigenvalue weighted by Gasteiger charge is -2.21. The molecule has 0 spiro atoms. The fourth-order valence-electron chi connectivity index (χ4n) is 1.72.